The normalized spacial score (nSPS) is 22.9. The number of carbonyl (C=O) groups is 2. The molecular formula is C12H18N3O3+. The van der Waals surface area contributed by atoms with Gasteiger partial charge in [0.25, 0.3) is 5.91 Å². The van der Waals surface area contributed by atoms with Crippen molar-refractivity contribution >= 4 is 11.9 Å². The molecule has 1 aromatic heterocycles. The average Bonchev–Trinajstić information content (AvgIpc) is 2.94. The van der Waals surface area contributed by atoms with Crippen LogP contribution in [-0.2, 0) is 10.3 Å². The summed E-state index contributed by atoms with van der Waals surface area (Å²) < 4.78 is 5.31. The van der Waals surface area contributed by atoms with Gasteiger partial charge in [0, 0.05) is 0 Å². The summed E-state index contributed by atoms with van der Waals surface area (Å²) in [5, 5.41) is 4.96. The van der Waals surface area contributed by atoms with Crippen molar-refractivity contribution in [2.75, 3.05) is 6.54 Å². The zero-order chi connectivity index (χ0) is 13.0. The SMILES string of the molecule is [NH3+]CCCCC[C@@]1(c2ccco2)NC(=O)NC1=O. The fourth-order valence-electron chi connectivity index (χ4n) is 2.23. The number of unbranched alkanes of at least 4 members (excludes halogenated alkanes) is 2. The van der Waals surface area contributed by atoms with Gasteiger partial charge in [-0.1, -0.05) is 0 Å². The summed E-state index contributed by atoms with van der Waals surface area (Å²) in [7, 11) is 0. The maximum atomic E-state index is 12.0. The van der Waals surface area contributed by atoms with Gasteiger partial charge < -0.3 is 15.5 Å². The minimum Gasteiger partial charge on any atom is -0.466 e. The summed E-state index contributed by atoms with van der Waals surface area (Å²) in [5.74, 6) is 0.151. The minimum absolute atomic E-state index is 0.336. The predicted octanol–water partition coefficient (Wildman–Crippen LogP) is 0.117. The van der Waals surface area contributed by atoms with Crippen molar-refractivity contribution in [3.05, 3.63) is 24.2 Å². The van der Waals surface area contributed by atoms with Crippen LogP contribution in [0.4, 0.5) is 4.79 Å². The van der Waals surface area contributed by atoms with Gasteiger partial charge in [0.2, 0.25) is 0 Å². The van der Waals surface area contributed by atoms with E-state index in [-0.39, 0.29) is 5.91 Å². The largest absolute Gasteiger partial charge is 0.466 e. The fourth-order valence-corrected chi connectivity index (χ4v) is 2.23. The molecule has 1 saturated heterocycles. The van der Waals surface area contributed by atoms with Crippen molar-refractivity contribution < 1.29 is 19.7 Å². The Labute approximate surface area is 105 Å². The second-order valence-corrected chi connectivity index (χ2v) is 4.46. The van der Waals surface area contributed by atoms with Crippen molar-refractivity contribution in [2.24, 2.45) is 0 Å². The Morgan fingerprint density at radius 1 is 1.28 bits per heavy atom. The molecule has 0 unspecified atom stereocenters. The topological polar surface area (TPSA) is 99.0 Å². The van der Waals surface area contributed by atoms with Gasteiger partial charge in [-0.15, -0.1) is 0 Å². The summed E-state index contributed by atoms with van der Waals surface area (Å²) in [5.41, 5.74) is 2.74. The molecule has 2 rings (SSSR count). The van der Waals surface area contributed by atoms with Crippen LogP contribution in [0.5, 0.6) is 0 Å². The van der Waals surface area contributed by atoms with E-state index in [0.717, 1.165) is 25.8 Å². The first-order chi connectivity index (χ1) is 8.69. The summed E-state index contributed by atoms with van der Waals surface area (Å²) in [6, 6.07) is 2.96. The lowest BCUT2D eigenvalue weighted by molar-refractivity contribution is -0.368. The number of carbonyl (C=O) groups excluding carboxylic acids is 2. The first kappa shape index (κ1) is 12.6. The molecule has 18 heavy (non-hydrogen) atoms. The molecule has 0 saturated carbocycles. The van der Waals surface area contributed by atoms with Gasteiger partial charge in [-0.2, -0.15) is 0 Å². The zero-order valence-corrected chi connectivity index (χ0v) is 10.2. The lowest BCUT2D eigenvalue weighted by Crippen LogP contribution is -2.50. The molecule has 98 valence electrons. The molecule has 2 heterocycles. The monoisotopic (exact) mass is 252 g/mol. The molecule has 0 aromatic carbocycles. The number of hydrogen-bond donors (Lipinski definition) is 3. The van der Waals surface area contributed by atoms with Gasteiger partial charge in [0.05, 0.1) is 12.8 Å². The van der Waals surface area contributed by atoms with E-state index in [1.54, 1.807) is 12.1 Å². The van der Waals surface area contributed by atoms with E-state index in [2.05, 4.69) is 16.4 Å². The van der Waals surface area contributed by atoms with Crippen LogP contribution in [0.2, 0.25) is 0 Å². The lowest BCUT2D eigenvalue weighted by Gasteiger charge is -2.23. The Kier molecular flexibility index (Phi) is 3.66. The summed E-state index contributed by atoms with van der Waals surface area (Å²) in [6.07, 6.45) is 4.88. The third-order valence-electron chi connectivity index (χ3n) is 3.19. The van der Waals surface area contributed by atoms with E-state index in [9.17, 15) is 9.59 Å². The number of urea groups is 1. The van der Waals surface area contributed by atoms with Crippen LogP contribution in [0.15, 0.2) is 22.8 Å². The maximum absolute atomic E-state index is 12.0. The Morgan fingerprint density at radius 3 is 2.67 bits per heavy atom. The highest BCUT2D eigenvalue weighted by Gasteiger charge is 2.49. The van der Waals surface area contributed by atoms with Crippen molar-refractivity contribution in [3.8, 4) is 0 Å². The molecule has 0 bridgehead atoms. The van der Waals surface area contributed by atoms with Crippen LogP contribution >= 0.6 is 0 Å². The fraction of sp³-hybridized carbons (Fsp3) is 0.500. The van der Waals surface area contributed by atoms with Gasteiger partial charge in [-0.05, 0) is 37.8 Å². The molecule has 1 atom stereocenters. The smallest absolute Gasteiger partial charge is 0.322 e. The zero-order valence-electron chi connectivity index (χ0n) is 10.2. The quantitative estimate of drug-likeness (QED) is 0.495. The second-order valence-electron chi connectivity index (χ2n) is 4.46. The molecule has 0 radical (unpaired) electrons. The number of furan rings is 1. The summed E-state index contributed by atoms with van der Waals surface area (Å²) in [6.45, 7) is 0.881. The highest BCUT2D eigenvalue weighted by Crippen LogP contribution is 2.31. The van der Waals surface area contributed by atoms with Crippen molar-refractivity contribution in [2.45, 2.75) is 31.2 Å². The highest BCUT2D eigenvalue weighted by atomic mass is 16.3. The average molecular weight is 252 g/mol. The van der Waals surface area contributed by atoms with Crippen molar-refractivity contribution in [1.29, 1.82) is 0 Å². The minimum atomic E-state index is -1.04. The number of quaternary nitrogens is 1. The first-order valence-corrected chi connectivity index (χ1v) is 6.16. The van der Waals surface area contributed by atoms with Crippen LogP contribution in [0.25, 0.3) is 0 Å². The van der Waals surface area contributed by atoms with Gasteiger partial charge in [-0.25, -0.2) is 4.79 Å². The molecule has 6 nitrogen and oxygen atoms in total. The van der Waals surface area contributed by atoms with Crippen LogP contribution in [0, 0.1) is 0 Å². The van der Waals surface area contributed by atoms with Gasteiger partial charge in [0.15, 0.2) is 5.54 Å². The van der Waals surface area contributed by atoms with E-state index >= 15 is 0 Å². The molecule has 6 heteroatoms. The van der Waals surface area contributed by atoms with Crippen LogP contribution in [0.3, 0.4) is 0 Å². The van der Waals surface area contributed by atoms with E-state index in [1.807, 2.05) is 0 Å². The van der Waals surface area contributed by atoms with Crippen molar-refractivity contribution in [3.63, 3.8) is 0 Å². The lowest BCUT2D eigenvalue weighted by atomic mass is 9.89. The van der Waals surface area contributed by atoms with Crippen LogP contribution in [0.1, 0.15) is 31.4 Å². The highest BCUT2D eigenvalue weighted by molar-refractivity contribution is 6.07. The van der Waals surface area contributed by atoms with E-state index < -0.39 is 11.6 Å². The third-order valence-corrected chi connectivity index (χ3v) is 3.19. The van der Waals surface area contributed by atoms with Crippen LogP contribution in [-0.4, -0.2) is 18.5 Å². The Morgan fingerprint density at radius 2 is 2.11 bits per heavy atom. The Bertz CT molecular complexity index is 430. The molecule has 1 aromatic rings. The molecule has 1 aliphatic rings. The number of rotatable bonds is 6. The maximum Gasteiger partial charge on any atom is 0.322 e. The molecular weight excluding hydrogens is 234 g/mol. The van der Waals surface area contributed by atoms with Gasteiger partial charge in [0.1, 0.15) is 5.76 Å². The number of hydrogen-bond acceptors (Lipinski definition) is 3. The second kappa shape index (κ2) is 5.22. The van der Waals surface area contributed by atoms with E-state index in [4.69, 9.17) is 4.42 Å². The molecule has 0 spiro atoms. The number of nitrogens with one attached hydrogen (secondary N) is 2. The predicted molar refractivity (Wildman–Crippen MR) is 63.3 cm³/mol. The Balaban J connectivity index is 2.14. The standard InChI is InChI=1S/C12H17N3O3/c13-7-3-1-2-6-12(9-5-4-8-18-9)10(16)14-11(17)15-12/h4-5,8H,1-3,6-7,13H2,(H2,14,15,16,17)/p+1/t12-/m0/s1. The first-order valence-electron chi connectivity index (χ1n) is 6.16. The number of imide groups is 1. The third kappa shape index (κ3) is 2.24. The Hall–Kier alpha value is -1.82. The summed E-state index contributed by atoms with van der Waals surface area (Å²) >= 11 is 0. The van der Waals surface area contributed by atoms with Gasteiger partial charge in [-0.3, -0.25) is 10.1 Å². The van der Waals surface area contributed by atoms with E-state index in [0.29, 0.717) is 12.2 Å². The molecule has 1 aliphatic heterocycles. The molecule has 3 amide bonds. The molecule has 5 N–H and O–H groups in total. The molecule has 1 fully saturated rings. The molecule has 0 aliphatic carbocycles. The van der Waals surface area contributed by atoms with Crippen molar-refractivity contribution in [1.82, 2.24) is 10.6 Å². The van der Waals surface area contributed by atoms with Crippen LogP contribution < -0.4 is 16.4 Å². The summed E-state index contributed by atoms with van der Waals surface area (Å²) in [4.78, 5) is 23.4. The van der Waals surface area contributed by atoms with E-state index in [1.165, 1.54) is 6.26 Å². The number of amides is 3. The van der Waals surface area contributed by atoms with Gasteiger partial charge >= 0.3 is 6.03 Å².